The van der Waals surface area contributed by atoms with Crippen molar-refractivity contribution >= 4 is 17.9 Å². The molecule has 3 atom stereocenters. The van der Waals surface area contributed by atoms with Gasteiger partial charge in [0.1, 0.15) is 0 Å². The molecule has 20 heteroatoms. The van der Waals surface area contributed by atoms with Gasteiger partial charge in [-0.15, -0.1) is 0 Å². The van der Waals surface area contributed by atoms with Gasteiger partial charge in [0, 0.05) is 37.7 Å². The number of hydrogen-bond acceptors (Lipinski definition) is 8. The number of hydrogen-bond donors (Lipinski definition) is 3. The average Bonchev–Trinajstić information content (AvgIpc) is 3.37. The number of carboxylic acids is 3. The van der Waals surface area contributed by atoms with Crippen molar-refractivity contribution in [1.29, 1.82) is 0 Å². The monoisotopic (exact) mass is 667 g/mol. The number of fused-ring (bicyclic) bond motifs is 1. The summed E-state index contributed by atoms with van der Waals surface area (Å²) in [6.45, 7) is 3.22. The van der Waals surface area contributed by atoms with Crippen molar-refractivity contribution in [2.24, 2.45) is 0 Å². The SMILES string of the molecule is O=C(O)C(F)(F)F.O=C(O)C(F)(F)F.O=C(O)C(F)(F)F.c1ccc(CN2CCO[C@H]3[C@@H](OCc4cccnc4)CC[C@@H]32)nc1. The zero-order chi connectivity index (χ0) is 34.4. The van der Waals surface area contributed by atoms with Crippen LogP contribution < -0.4 is 0 Å². The first kappa shape index (κ1) is 39.0. The summed E-state index contributed by atoms with van der Waals surface area (Å²) in [7, 11) is 0. The van der Waals surface area contributed by atoms with E-state index in [9.17, 15) is 39.5 Å². The van der Waals surface area contributed by atoms with E-state index in [-0.39, 0.29) is 12.2 Å². The van der Waals surface area contributed by atoms with Crippen LogP contribution in [0.2, 0.25) is 0 Å². The zero-order valence-corrected chi connectivity index (χ0v) is 22.7. The number of alkyl halides is 9. The topological polar surface area (TPSA) is 159 Å². The van der Waals surface area contributed by atoms with Crippen LogP contribution in [0.1, 0.15) is 24.1 Å². The Kier molecular flexibility index (Phi) is 15.1. The highest BCUT2D eigenvalue weighted by atomic mass is 19.4. The van der Waals surface area contributed by atoms with Crippen molar-refractivity contribution < 1.29 is 78.7 Å². The number of ether oxygens (including phenoxy) is 2. The second-order valence-electron chi connectivity index (χ2n) is 8.89. The molecule has 45 heavy (non-hydrogen) atoms. The fourth-order valence-electron chi connectivity index (χ4n) is 3.75. The number of aromatic nitrogens is 2. The van der Waals surface area contributed by atoms with Gasteiger partial charge in [0.05, 0.1) is 31.1 Å². The molecule has 0 aromatic carbocycles. The summed E-state index contributed by atoms with van der Waals surface area (Å²) in [6.07, 6.45) is -7.23. The van der Waals surface area contributed by atoms with Crippen molar-refractivity contribution in [3.8, 4) is 0 Å². The zero-order valence-electron chi connectivity index (χ0n) is 22.7. The number of nitrogens with zero attached hydrogens (tertiary/aromatic N) is 3. The Bertz CT molecular complexity index is 1140. The molecule has 4 rings (SSSR count). The van der Waals surface area contributed by atoms with Crippen LogP contribution >= 0.6 is 0 Å². The summed E-state index contributed by atoms with van der Waals surface area (Å²) in [6, 6.07) is 10.5. The van der Waals surface area contributed by atoms with Gasteiger partial charge in [-0.2, -0.15) is 39.5 Å². The maximum atomic E-state index is 10.6. The number of pyridine rings is 2. The summed E-state index contributed by atoms with van der Waals surface area (Å²) >= 11 is 0. The molecule has 0 unspecified atom stereocenters. The standard InChI is InChI=1S/C19H23N3O2.3C2HF3O2/c1-2-9-21-16(5-1)13-22-10-11-23-19-17(22)6-7-18(19)24-14-15-4-3-8-20-12-15;3*3-2(4,5)1(6)7/h1-5,8-9,12,17-19H,6-7,10-11,13-14H2;3*(H,6,7)/t17-,18-,19+;;;/m0.../s1. The van der Waals surface area contributed by atoms with Gasteiger partial charge in [0.2, 0.25) is 0 Å². The van der Waals surface area contributed by atoms with Crippen LogP contribution in [0.4, 0.5) is 39.5 Å². The van der Waals surface area contributed by atoms with Crippen molar-refractivity contribution in [3.05, 3.63) is 60.2 Å². The summed E-state index contributed by atoms with van der Waals surface area (Å²) in [5, 5.41) is 21.4. The van der Waals surface area contributed by atoms with E-state index in [4.69, 9.17) is 39.2 Å². The molecule has 1 saturated heterocycles. The second kappa shape index (κ2) is 17.4. The second-order valence-corrected chi connectivity index (χ2v) is 8.89. The maximum Gasteiger partial charge on any atom is 0.490 e. The molecule has 2 fully saturated rings. The minimum Gasteiger partial charge on any atom is -0.475 e. The molecule has 1 aliphatic carbocycles. The molecule has 0 amide bonds. The Balaban J connectivity index is 0.000000396. The summed E-state index contributed by atoms with van der Waals surface area (Å²) in [5.74, 6) is -8.27. The van der Waals surface area contributed by atoms with Gasteiger partial charge < -0.3 is 24.8 Å². The third kappa shape index (κ3) is 15.0. The molecular weight excluding hydrogens is 641 g/mol. The smallest absolute Gasteiger partial charge is 0.475 e. The minimum atomic E-state index is -5.08. The van der Waals surface area contributed by atoms with Gasteiger partial charge in [0.15, 0.2) is 0 Å². The Morgan fingerprint density at radius 2 is 1.40 bits per heavy atom. The Labute approximate surface area is 248 Å². The van der Waals surface area contributed by atoms with Crippen LogP contribution in [0.25, 0.3) is 0 Å². The molecule has 0 bridgehead atoms. The van der Waals surface area contributed by atoms with Crippen LogP contribution in [-0.2, 0) is 37.0 Å². The Hall–Kier alpha value is -4.04. The van der Waals surface area contributed by atoms with Crippen LogP contribution in [0.15, 0.2) is 48.9 Å². The number of morpholine rings is 1. The molecule has 11 nitrogen and oxygen atoms in total. The normalized spacial score (nSPS) is 19.7. The van der Waals surface area contributed by atoms with Crippen molar-refractivity contribution in [2.45, 2.75) is 62.8 Å². The van der Waals surface area contributed by atoms with Gasteiger partial charge >= 0.3 is 36.4 Å². The maximum absolute atomic E-state index is 10.6. The highest BCUT2D eigenvalue weighted by molar-refractivity contribution is 5.73. The first-order valence-electron chi connectivity index (χ1n) is 12.4. The molecule has 3 N–H and O–H groups in total. The van der Waals surface area contributed by atoms with Crippen LogP contribution in [0.5, 0.6) is 0 Å². The van der Waals surface area contributed by atoms with E-state index in [0.717, 1.165) is 43.8 Å². The summed E-state index contributed by atoms with van der Waals surface area (Å²) in [5.41, 5.74) is 2.24. The van der Waals surface area contributed by atoms with Gasteiger partial charge in [-0.25, -0.2) is 14.4 Å². The van der Waals surface area contributed by atoms with Crippen molar-refractivity contribution in [3.63, 3.8) is 0 Å². The molecule has 1 saturated carbocycles. The Morgan fingerprint density at radius 1 is 0.844 bits per heavy atom. The minimum absolute atomic E-state index is 0.166. The van der Waals surface area contributed by atoms with Gasteiger partial charge in [0.25, 0.3) is 0 Å². The summed E-state index contributed by atoms with van der Waals surface area (Å²) in [4.78, 5) is 37.8. The molecule has 1 aliphatic heterocycles. The van der Waals surface area contributed by atoms with E-state index >= 15 is 0 Å². The molecule has 2 aromatic rings. The van der Waals surface area contributed by atoms with Gasteiger partial charge in [-0.3, -0.25) is 14.9 Å². The predicted molar refractivity (Wildman–Crippen MR) is 131 cm³/mol. The molecule has 3 heterocycles. The molecule has 2 aromatic heterocycles. The van der Waals surface area contributed by atoms with Crippen LogP contribution in [0, 0.1) is 0 Å². The average molecular weight is 667 g/mol. The third-order valence-corrected chi connectivity index (χ3v) is 5.66. The largest absolute Gasteiger partial charge is 0.490 e. The van der Waals surface area contributed by atoms with E-state index < -0.39 is 36.4 Å². The van der Waals surface area contributed by atoms with Crippen LogP contribution in [0.3, 0.4) is 0 Å². The van der Waals surface area contributed by atoms with E-state index in [1.54, 1.807) is 6.20 Å². The van der Waals surface area contributed by atoms with Crippen LogP contribution in [-0.4, -0.2) is 98.0 Å². The van der Waals surface area contributed by atoms with Gasteiger partial charge in [-0.1, -0.05) is 12.1 Å². The van der Waals surface area contributed by atoms with Gasteiger partial charge in [-0.05, 0) is 36.6 Å². The van der Waals surface area contributed by atoms with Crippen molar-refractivity contribution in [1.82, 2.24) is 14.9 Å². The van der Waals surface area contributed by atoms with E-state index in [1.165, 1.54) is 0 Å². The molecular formula is C25H26F9N3O8. The first-order valence-corrected chi connectivity index (χ1v) is 12.4. The molecule has 2 aliphatic rings. The molecule has 0 radical (unpaired) electrons. The third-order valence-electron chi connectivity index (χ3n) is 5.66. The number of rotatable bonds is 5. The lowest BCUT2D eigenvalue weighted by Gasteiger charge is -2.38. The lowest BCUT2D eigenvalue weighted by molar-refractivity contribution is -0.193. The quantitative estimate of drug-likeness (QED) is 0.390. The lowest BCUT2D eigenvalue weighted by atomic mass is 10.1. The van der Waals surface area contributed by atoms with E-state index in [2.05, 4.69) is 33.1 Å². The van der Waals surface area contributed by atoms with E-state index in [0.29, 0.717) is 12.6 Å². The fraction of sp³-hybridized carbons (Fsp3) is 0.480. The lowest BCUT2D eigenvalue weighted by Crippen LogP contribution is -2.51. The summed E-state index contributed by atoms with van der Waals surface area (Å²) < 4.78 is 107. The highest BCUT2D eigenvalue weighted by Gasteiger charge is 2.43. The fourth-order valence-corrected chi connectivity index (χ4v) is 3.75. The molecule has 252 valence electrons. The first-order chi connectivity index (χ1) is 20.7. The Morgan fingerprint density at radius 3 is 1.84 bits per heavy atom. The number of carbonyl (C=O) groups is 3. The predicted octanol–water partition coefficient (Wildman–Crippen LogP) is 4.33. The number of halogens is 9. The highest BCUT2D eigenvalue weighted by Crippen LogP contribution is 2.33. The molecule has 0 spiro atoms. The van der Waals surface area contributed by atoms with Crippen molar-refractivity contribution in [2.75, 3.05) is 13.2 Å². The number of aliphatic carboxylic acids is 3. The van der Waals surface area contributed by atoms with E-state index in [1.807, 2.05) is 24.5 Å². The number of carboxylic acid groups (broad SMARTS) is 3.